The monoisotopic (exact) mass is 217 g/mol. The number of carbonyl (C=O) groups excluding carboxylic acids is 2. The Bertz CT molecular complexity index is 249. The summed E-state index contributed by atoms with van der Waals surface area (Å²) in [4.78, 5) is 31.8. The lowest BCUT2D eigenvalue weighted by Gasteiger charge is -2.07. The highest BCUT2D eigenvalue weighted by Crippen LogP contribution is 1.92. The third-order valence-corrected chi connectivity index (χ3v) is 1.32. The minimum Gasteiger partial charge on any atom is -0.481 e. The summed E-state index contributed by atoms with van der Waals surface area (Å²) >= 11 is 0. The third-order valence-electron chi connectivity index (χ3n) is 1.32. The number of aliphatic carboxylic acids is 1. The van der Waals surface area contributed by atoms with Crippen LogP contribution in [0.25, 0.3) is 0 Å². The van der Waals surface area contributed by atoms with Crippen molar-refractivity contribution in [1.82, 2.24) is 5.32 Å². The van der Waals surface area contributed by atoms with Gasteiger partial charge in [-0.15, -0.1) is 0 Å². The van der Waals surface area contributed by atoms with E-state index in [-0.39, 0.29) is 19.1 Å². The summed E-state index contributed by atoms with van der Waals surface area (Å²) in [6.07, 6.45) is -0.641. The summed E-state index contributed by atoms with van der Waals surface area (Å²) in [7, 11) is 0. The molecular formula is C9H15NO5. The van der Waals surface area contributed by atoms with Gasteiger partial charge in [-0.3, -0.25) is 14.4 Å². The Morgan fingerprint density at radius 3 is 2.40 bits per heavy atom. The molecule has 2 N–H and O–H groups in total. The van der Waals surface area contributed by atoms with Gasteiger partial charge in [-0.05, 0) is 5.92 Å². The van der Waals surface area contributed by atoms with E-state index in [4.69, 9.17) is 9.84 Å². The molecule has 0 unspecified atom stereocenters. The first kappa shape index (κ1) is 13.4. The highest BCUT2D eigenvalue weighted by atomic mass is 16.5. The molecule has 0 fully saturated rings. The van der Waals surface area contributed by atoms with E-state index in [0.717, 1.165) is 0 Å². The Morgan fingerprint density at radius 2 is 1.93 bits per heavy atom. The average Bonchev–Trinajstić information content (AvgIpc) is 2.10. The summed E-state index contributed by atoms with van der Waals surface area (Å²) in [5.74, 6) is -2.28. The van der Waals surface area contributed by atoms with Crippen LogP contribution in [0.15, 0.2) is 0 Å². The van der Waals surface area contributed by atoms with E-state index in [1.165, 1.54) is 0 Å². The molecule has 0 heterocycles. The Hall–Kier alpha value is -1.59. The van der Waals surface area contributed by atoms with E-state index in [1.807, 2.05) is 13.8 Å². The number of esters is 1. The maximum atomic E-state index is 11.0. The number of carboxylic acids is 1. The number of amides is 1. The minimum absolute atomic E-state index is 0.226. The largest absolute Gasteiger partial charge is 0.481 e. The molecule has 0 rings (SSSR count). The number of carbonyl (C=O) groups is 3. The fourth-order valence-corrected chi connectivity index (χ4v) is 0.681. The van der Waals surface area contributed by atoms with Gasteiger partial charge < -0.3 is 15.2 Å². The Balaban J connectivity index is 3.62. The molecule has 6 nitrogen and oxygen atoms in total. The summed E-state index contributed by atoms with van der Waals surface area (Å²) in [6, 6.07) is 0. The first-order chi connectivity index (χ1) is 6.91. The van der Waals surface area contributed by atoms with Crippen LogP contribution in [0, 0.1) is 5.92 Å². The molecule has 0 aromatic heterocycles. The van der Waals surface area contributed by atoms with E-state index in [9.17, 15) is 14.4 Å². The van der Waals surface area contributed by atoms with Crippen molar-refractivity contribution in [1.29, 1.82) is 0 Å². The molecule has 0 bridgehead atoms. The van der Waals surface area contributed by atoms with Gasteiger partial charge in [0.1, 0.15) is 13.0 Å². The Labute approximate surface area is 87.6 Å². The maximum Gasteiger partial charge on any atom is 0.325 e. The van der Waals surface area contributed by atoms with Crippen LogP contribution in [0.2, 0.25) is 0 Å². The van der Waals surface area contributed by atoms with Crippen LogP contribution in [-0.2, 0) is 19.1 Å². The quantitative estimate of drug-likeness (QED) is 0.474. The molecule has 0 aliphatic heterocycles. The average molecular weight is 217 g/mol. The lowest BCUT2D eigenvalue weighted by Crippen LogP contribution is -2.32. The van der Waals surface area contributed by atoms with Gasteiger partial charge in [0.15, 0.2) is 0 Å². The van der Waals surface area contributed by atoms with Crippen LogP contribution in [0.3, 0.4) is 0 Å². The van der Waals surface area contributed by atoms with Gasteiger partial charge in [-0.25, -0.2) is 0 Å². The van der Waals surface area contributed by atoms with Crippen molar-refractivity contribution < 1.29 is 24.2 Å². The zero-order valence-corrected chi connectivity index (χ0v) is 8.78. The summed E-state index contributed by atoms with van der Waals surface area (Å²) < 4.78 is 4.76. The molecule has 15 heavy (non-hydrogen) atoms. The predicted molar refractivity (Wildman–Crippen MR) is 51.1 cm³/mol. The van der Waals surface area contributed by atoms with Crippen molar-refractivity contribution in [2.24, 2.45) is 5.92 Å². The molecule has 0 aliphatic rings. The highest BCUT2D eigenvalue weighted by Gasteiger charge is 2.10. The van der Waals surface area contributed by atoms with E-state index < -0.39 is 24.3 Å². The van der Waals surface area contributed by atoms with Crippen LogP contribution in [0.1, 0.15) is 20.3 Å². The van der Waals surface area contributed by atoms with Crippen molar-refractivity contribution >= 4 is 17.8 Å². The van der Waals surface area contributed by atoms with Gasteiger partial charge in [0.05, 0.1) is 6.61 Å². The van der Waals surface area contributed by atoms with E-state index in [1.54, 1.807) is 0 Å². The van der Waals surface area contributed by atoms with Gasteiger partial charge in [-0.2, -0.15) is 0 Å². The van der Waals surface area contributed by atoms with E-state index in [0.29, 0.717) is 0 Å². The van der Waals surface area contributed by atoms with Crippen molar-refractivity contribution in [2.45, 2.75) is 20.3 Å². The van der Waals surface area contributed by atoms with Gasteiger partial charge >= 0.3 is 11.9 Å². The van der Waals surface area contributed by atoms with Crippen molar-refractivity contribution in [3.05, 3.63) is 0 Å². The zero-order valence-electron chi connectivity index (χ0n) is 8.78. The van der Waals surface area contributed by atoms with Crippen LogP contribution >= 0.6 is 0 Å². The summed E-state index contributed by atoms with van der Waals surface area (Å²) in [5.41, 5.74) is 0. The minimum atomic E-state index is -1.23. The normalized spacial score (nSPS) is 9.80. The topological polar surface area (TPSA) is 92.7 Å². The fourth-order valence-electron chi connectivity index (χ4n) is 0.681. The maximum absolute atomic E-state index is 11.0. The van der Waals surface area contributed by atoms with Crippen molar-refractivity contribution in [3.63, 3.8) is 0 Å². The number of ether oxygens (including phenoxy) is 1. The standard InChI is InChI=1S/C9H15NO5/c1-6(2)5-15-9(14)4-10-7(11)3-8(12)13/h6H,3-5H2,1-2H3,(H,10,11)(H,12,13). The summed E-state index contributed by atoms with van der Waals surface area (Å²) in [6.45, 7) is 3.76. The molecule has 0 aliphatic carbocycles. The van der Waals surface area contributed by atoms with Gasteiger partial charge in [0, 0.05) is 0 Å². The van der Waals surface area contributed by atoms with Gasteiger partial charge in [0.2, 0.25) is 5.91 Å². The van der Waals surface area contributed by atoms with Crippen LogP contribution in [0.5, 0.6) is 0 Å². The SMILES string of the molecule is CC(C)COC(=O)CNC(=O)CC(=O)O. The van der Waals surface area contributed by atoms with Crippen molar-refractivity contribution in [3.8, 4) is 0 Å². The number of nitrogens with one attached hydrogen (secondary N) is 1. The molecule has 0 saturated heterocycles. The first-order valence-corrected chi connectivity index (χ1v) is 4.56. The molecule has 0 radical (unpaired) electrons. The molecule has 0 aromatic carbocycles. The second kappa shape index (κ2) is 6.80. The highest BCUT2D eigenvalue weighted by molar-refractivity contribution is 5.94. The summed E-state index contributed by atoms with van der Waals surface area (Å²) in [5, 5.41) is 10.4. The molecular weight excluding hydrogens is 202 g/mol. The first-order valence-electron chi connectivity index (χ1n) is 4.56. The lowest BCUT2D eigenvalue weighted by molar-refractivity contribution is -0.146. The molecule has 0 atom stereocenters. The Morgan fingerprint density at radius 1 is 1.33 bits per heavy atom. The smallest absolute Gasteiger partial charge is 0.325 e. The molecule has 6 heteroatoms. The predicted octanol–water partition coefficient (Wildman–Crippen LogP) is -0.223. The van der Waals surface area contributed by atoms with Crippen molar-refractivity contribution in [2.75, 3.05) is 13.2 Å². The van der Waals surface area contributed by atoms with E-state index in [2.05, 4.69) is 5.32 Å². The Kier molecular flexibility index (Phi) is 6.08. The number of rotatable bonds is 6. The fraction of sp³-hybridized carbons (Fsp3) is 0.667. The molecule has 0 aromatic rings. The van der Waals surface area contributed by atoms with Gasteiger partial charge in [0.25, 0.3) is 0 Å². The molecule has 86 valence electrons. The van der Waals surface area contributed by atoms with Crippen LogP contribution in [0.4, 0.5) is 0 Å². The lowest BCUT2D eigenvalue weighted by atomic mass is 10.2. The van der Waals surface area contributed by atoms with Gasteiger partial charge in [-0.1, -0.05) is 13.8 Å². The van der Waals surface area contributed by atoms with Crippen LogP contribution in [-0.4, -0.2) is 36.1 Å². The zero-order chi connectivity index (χ0) is 11.8. The number of hydrogen-bond acceptors (Lipinski definition) is 4. The number of carboxylic acid groups (broad SMARTS) is 1. The molecule has 0 spiro atoms. The second-order valence-corrected chi connectivity index (χ2v) is 3.42. The van der Waals surface area contributed by atoms with E-state index >= 15 is 0 Å². The molecule has 0 saturated carbocycles. The third kappa shape index (κ3) is 8.73. The molecule has 1 amide bonds. The van der Waals surface area contributed by atoms with Crippen LogP contribution < -0.4 is 5.32 Å². The number of hydrogen-bond donors (Lipinski definition) is 2. The second-order valence-electron chi connectivity index (χ2n) is 3.42.